The number of carbonyl (C=O) groups is 2. The second kappa shape index (κ2) is 7.73. The number of hydrogen-bond donors (Lipinski definition) is 0. The Morgan fingerprint density at radius 1 is 1.04 bits per heavy atom. The van der Waals surface area contributed by atoms with E-state index in [1.165, 1.54) is 0 Å². The molecule has 1 aliphatic rings. The summed E-state index contributed by atoms with van der Waals surface area (Å²) in [6.45, 7) is 5.20. The SMILES string of the molecule is Cc1cc(C)cc(C(=O)N2CCCC(C(=O)N(C)c3ccccc3)C2)c1. The molecule has 1 aliphatic heterocycles. The minimum Gasteiger partial charge on any atom is -0.338 e. The van der Waals surface area contributed by atoms with Gasteiger partial charge in [-0.3, -0.25) is 9.59 Å². The van der Waals surface area contributed by atoms with E-state index < -0.39 is 0 Å². The molecule has 0 saturated carbocycles. The van der Waals surface area contributed by atoms with Crippen molar-refractivity contribution in [3.05, 3.63) is 65.2 Å². The predicted octanol–water partition coefficient (Wildman–Crippen LogP) is 3.82. The number of likely N-dealkylation sites (tertiary alicyclic amines) is 1. The fraction of sp³-hybridized carbons (Fsp3) is 0.364. The fourth-order valence-electron chi connectivity index (χ4n) is 3.70. The van der Waals surface area contributed by atoms with Crippen LogP contribution in [-0.2, 0) is 4.79 Å². The Hall–Kier alpha value is -2.62. The minimum atomic E-state index is -0.149. The Labute approximate surface area is 155 Å². The smallest absolute Gasteiger partial charge is 0.253 e. The summed E-state index contributed by atoms with van der Waals surface area (Å²) in [6.07, 6.45) is 1.68. The standard InChI is InChI=1S/C22H26N2O2/c1-16-12-17(2)14-19(13-16)22(26)24-11-7-8-18(15-24)21(25)23(3)20-9-5-4-6-10-20/h4-6,9-10,12-14,18H,7-8,11,15H2,1-3H3. The normalized spacial score (nSPS) is 17.0. The molecule has 1 fully saturated rings. The highest BCUT2D eigenvalue weighted by molar-refractivity contribution is 5.97. The van der Waals surface area contributed by atoms with E-state index in [-0.39, 0.29) is 17.7 Å². The fourth-order valence-corrected chi connectivity index (χ4v) is 3.70. The molecule has 1 atom stereocenters. The maximum atomic E-state index is 12.9. The third kappa shape index (κ3) is 3.96. The van der Waals surface area contributed by atoms with Crippen LogP contribution in [-0.4, -0.2) is 36.9 Å². The highest BCUT2D eigenvalue weighted by Gasteiger charge is 2.31. The lowest BCUT2D eigenvalue weighted by Crippen LogP contribution is -2.46. The van der Waals surface area contributed by atoms with Gasteiger partial charge in [0.1, 0.15) is 0 Å². The molecule has 136 valence electrons. The summed E-state index contributed by atoms with van der Waals surface area (Å²) in [5, 5.41) is 0. The second-order valence-electron chi connectivity index (χ2n) is 7.20. The van der Waals surface area contributed by atoms with Crippen LogP contribution in [0.25, 0.3) is 0 Å². The number of anilines is 1. The Bertz CT molecular complexity index is 781. The maximum Gasteiger partial charge on any atom is 0.253 e. The number of nitrogens with zero attached hydrogens (tertiary/aromatic N) is 2. The molecule has 4 heteroatoms. The van der Waals surface area contributed by atoms with Crippen LogP contribution >= 0.6 is 0 Å². The van der Waals surface area contributed by atoms with Gasteiger partial charge in [-0.25, -0.2) is 0 Å². The summed E-state index contributed by atoms with van der Waals surface area (Å²) in [7, 11) is 1.81. The molecule has 0 radical (unpaired) electrons. The number of benzene rings is 2. The Morgan fingerprint density at radius 3 is 2.35 bits per heavy atom. The molecule has 0 aromatic heterocycles. The molecular weight excluding hydrogens is 324 g/mol. The van der Waals surface area contributed by atoms with Crippen LogP contribution in [0, 0.1) is 19.8 Å². The van der Waals surface area contributed by atoms with E-state index in [1.807, 2.05) is 68.3 Å². The first-order chi connectivity index (χ1) is 12.5. The van der Waals surface area contributed by atoms with Gasteiger partial charge < -0.3 is 9.80 Å². The Balaban J connectivity index is 1.72. The van der Waals surface area contributed by atoms with Crippen molar-refractivity contribution in [1.29, 1.82) is 0 Å². The third-order valence-electron chi connectivity index (χ3n) is 5.00. The molecule has 2 amide bonds. The number of para-hydroxylation sites is 1. The summed E-state index contributed by atoms with van der Waals surface area (Å²) in [5.41, 5.74) is 3.77. The summed E-state index contributed by atoms with van der Waals surface area (Å²) in [4.78, 5) is 29.3. The van der Waals surface area contributed by atoms with E-state index in [1.54, 1.807) is 4.90 Å². The number of piperidine rings is 1. The second-order valence-corrected chi connectivity index (χ2v) is 7.20. The zero-order valence-electron chi connectivity index (χ0n) is 15.7. The molecule has 1 saturated heterocycles. The Morgan fingerprint density at radius 2 is 1.69 bits per heavy atom. The predicted molar refractivity (Wildman–Crippen MR) is 104 cm³/mol. The van der Waals surface area contributed by atoms with Crippen LogP contribution in [0.5, 0.6) is 0 Å². The highest BCUT2D eigenvalue weighted by Crippen LogP contribution is 2.23. The lowest BCUT2D eigenvalue weighted by Gasteiger charge is -2.34. The zero-order valence-corrected chi connectivity index (χ0v) is 15.7. The summed E-state index contributed by atoms with van der Waals surface area (Å²) in [6, 6.07) is 15.6. The average Bonchev–Trinajstić information content (AvgIpc) is 2.66. The molecule has 0 bridgehead atoms. The molecule has 2 aromatic carbocycles. The number of rotatable bonds is 3. The molecule has 1 unspecified atom stereocenters. The van der Waals surface area contributed by atoms with Crippen molar-refractivity contribution in [2.24, 2.45) is 5.92 Å². The first-order valence-electron chi connectivity index (χ1n) is 9.16. The molecule has 2 aromatic rings. The molecule has 0 spiro atoms. The van der Waals surface area contributed by atoms with Gasteiger partial charge in [0, 0.05) is 31.4 Å². The van der Waals surface area contributed by atoms with Gasteiger partial charge >= 0.3 is 0 Å². The van der Waals surface area contributed by atoms with E-state index in [9.17, 15) is 9.59 Å². The van der Waals surface area contributed by atoms with Gasteiger partial charge in [-0.05, 0) is 51.0 Å². The van der Waals surface area contributed by atoms with Gasteiger partial charge in [0.2, 0.25) is 5.91 Å². The maximum absolute atomic E-state index is 12.9. The average molecular weight is 350 g/mol. The van der Waals surface area contributed by atoms with Crippen molar-refractivity contribution in [1.82, 2.24) is 4.90 Å². The molecule has 0 N–H and O–H groups in total. The molecule has 4 nitrogen and oxygen atoms in total. The molecular formula is C22H26N2O2. The van der Waals surface area contributed by atoms with Gasteiger partial charge in [0.05, 0.1) is 5.92 Å². The first-order valence-corrected chi connectivity index (χ1v) is 9.16. The van der Waals surface area contributed by atoms with Crippen LogP contribution in [0.4, 0.5) is 5.69 Å². The van der Waals surface area contributed by atoms with E-state index in [0.717, 1.165) is 29.7 Å². The van der Waals surface area contributed by atoms with Gasteiger partial charge in [-0.1, -0.05) is 35.4 Å². The van der Waals surface area contributed by atoms with Crippen molar-refractivity contribution in [2.75, 3.05) is 25.0 Å². The topological polar surface area (TPSA) is 40.6 Å². The monoisotopic (exact) mass is 350 g/mol. The summed E-state index contributed by atoms with van der Waals surface area (Å²) < 4.78 is 0. The Kier molecular flexibility index (Phi) is 5.40. The van der Waals surface area contributed by atoms with Gasteiger partial charge in [0.25, 0.3) is 5.91 Å². The van der Waals surface area contributed by atoms with Crippen LogP contribution in [0.15, 0.2) is 48.5 Å². The lowest BCUT2D eigenvalue weighted by molar-refractivity contribution is -0.123. The van der Waals surface area contributed by atoms with Crippen molar-refractivity contribution in [3.8, 4) is 0 Å². The van der Waals surface area contributed by atoms with Crippen LogP contribution in [0.3, 0.4) is 0 Å². The van der Waals surface area contributed by atoms with Gasteiger partial charge in [-0.2, -0.15) is 0 Å². The number of aryl methyl sites for hydroxylation is 2. The minimum absolute atomic E-state index is 0.0247. The first kappa shape index (κ1) is 18.2. The molecule has 26 heavy (non-hydrogen) atoms. The van der Waals surface area contributed by atoms with E-state index in [4.69, 9.17) is 0 Å². The quantitative estimate of drug-likeness (QED) is 0.844. The largest absolute Gasteiger partial charge is 0.338 e. The summed E-state index contributed by atoms with van der Waals surface area (Å²) >= 11 is 0. The molecule has 3 rings (SSSR count). The number of hydrogen-bond acceptors (Lipinski definition) is 2. The lowest BCUT2D eigenvalue weighted by atomic mass is 9.95. The number of carbonyl (C=O) groups excluding carboxylic acids is 2. The van der Waals surface area contributed by atoms with E-state index in [2.05, 4.69) is 6.07 Å². The zero-order chi connectivity index (χ0) is 18.7. The van der Waals surface area contributed by atoms with E-state index >= 15 is 0 Å². The summed E-state index contributed by atoms with van der Waals surface area (Å²) in [5.74, 6) is -0.0467. The van der Waals surface area contributed by atoms with Crippen LogP contribution in [0.1, 0.15) is 34.3 Å². The highest BCUT2D eigenvalue weighted by atomic mass is 16.2. The third-order valence-corrected chi connectivity index (χ3v) is 5.00. The van der Waals surface area contributed by atoms with Crippen LogP contribution in [0.2, 0.25) is 0 Å². The van der Waals surface area contributed by atoms with E-state index in [0.29, 0.717) is 18.7 Å². The van der Waals surface area contributed by atoms with Gasteiger partial charge in [-0.15, -0.1) is 0 Å². The van der Waals surface area contributed by atoms with Gasteiger partial charge in [0.15, 0.2) is 0 Å². The van der Waals surface area contributed by atoms with Crippen molar-refractivity contribution < 1.29 is 9.59 Å². The molecule has 0 aliphatic carbocycles. The van der Waals surface area contributed by atoms with Crippen molar-refractivity contribution in [2.45, 2.75) is 26.7 Å². The van der Waals surface area contributed by atoms with Crippen molar-refractivity contribution in [3.63, 3.8) is 0 Å². The van der Waals surface area contributed by atoms with Crippen LogP contribution < -0.4 is 4.90 Å². The van der Waals surface area contributed by atoms with Crippen molar-refractivity contribution >= 4 is 17.5 Å². The number of amides is 2. The molecule has 1 heterocycles.